The van der Waals surface area contributed by atoms with Crippen molar-refractivity contribution in [3.8, 4) is 0 Å². The first-order valence-electron chi connectivity index (χ1n) is 9.46. The molecular formula is C19H25N5O3. The minimum absolute atomic E-state index is 0.00909. The van der Waals surface area contributed by atoms with Crippen LogP contribution in [0.1, 0.15) is 18.7 Å². The summed E-state index contributed by atoms with van der Waals surface area (Å²) in [5.74, 6) is 0.613. The number of nitrogens with one attached hydrogen (secondary N) is 1. The average molecular weight is 371 g/mol. The van der Waals surface area contributed by atoms with Gasteiger partial charge in [-0.15, -0.1) is 0 Å². The molecule has 8 heteroatoms. The number of carbonyl (C=O) groups is 1. The lowest BCUT2D eigenvalue weighted by molar-refractivity contribution is -0.151. The van der Waals surface area contributed by atoms with Crippen LogP contribution in [0.4, 0.5) is 0 Å². The molecule has 4 rings (SSSR count). The first-order chi connectivity index (χ1) is 13.1. The summed E-state index contributed by atoms with van der Waals surface area (Å²) in [6, 6.07) is 7.33. The second kappa shape index (κ2) is 7.75. The highest BCUT2D eigenvalue weighted by atomic mass is 16.5. The van der Waals surface area contributed by atoms with Gasteiger partial charge in [-0.3, -0.25) is 14.5 Å². The SMILES string of the molecule is N[C@H]1CCCN(C(=O)[C@@H]2CN(Cc3nc4ccccc4c(=O)[nH]3)CCO2)C1. The molecule has 0 unspecified atom stereocenters. The van der Waals surface area contributed by atoms with Crippen molar-refractivity contribution in [3.05, 3.63) is 40.4 Å². The number of para-hydroxylation sites is 1. The lowest BCUT2D eigenvalue weighted by Gasteiger charge is -2.37. The summed E-state index contributed by atoms with van der Waals surface area (Å²) in [6.07, 6.45) is 1.41. The van der Waals surface area contributed by atoms with Crippen molar-refractivity contribution < 1.29 is 9.53 Å². The standard InChI is InChI=1S/C19H25N5O3/c20-13-4-3-7-24(10-13)19(26)16-11-23(8-9-27-16)12-17-21-15-6-2-1-5-14(15)18(25)22-17/h1-2,5-6,13,16H,3-4,7-12,20H2,(H,21,22,25)/t13-,16-/m0/s1. The number of piperidine rings is 1. The van der Waals surface area contributed by atoms with Crippen LogP contribution in [0.5, 0.6) is 0 Å². The van der Waals surface area contributed by atoms with Crippen molar-refractivity contribution in [2.75, 3.05) is 32.8 Å². The number of likely N-dealkylation sites (tertiary alicyclic amines) is 1. The monoisotopic (exact) mass is 371 g/mol. The lowest BCUT2D eigenvalue weighted by atomic mass is 10.1. The molecule has 0 spiro atoms. The van der Waals surface area contributed by atoms with Crippen molar-refractivity contribution in [2.24, 2.45) is 5.73 Å². The molecule has 2 fully saturated rings. The van der Waals surface area contributed by atoms with E-state index in [0.717, 1.165) is 19.4 Å². The Bertz CT molecular complexity index is 883. The maximum absolute atomic E-state index is 12.8. The molecule has 3 heterocycles. The van der Waals surface area contributed by atoms with Crippen LogP contribution in [0.25, 0.3) is 10.9 Å². The molecule has 2 aromatic rings. The highest BCUT2D eigenvalue weighted by Crippen LogP contribution is 2.15. The van der Waals surface area contributed by atoms with Crippen molar-refractivity contribution in [2.45, 2.75) is 31.5 Å². The lowest BCUT2D eigenvalue weighted by Crippen LogP contribution is -2.54. The number of aromatic nitrogens is 2. The van der Waals surface area contributed by atoms with Crippen molar-refractivity contribution in [1.29, 1.82) is 0 Å². The van der Waals surface area contributed by atoms with Crippen LogP contribution in [0, 0.1) is 0 Å². The Balaban J connectivity index is 1.44. The Morgan fingerprint density at radius 3 is 3.00 bits per heavy atom. The van der Waals surface area contributed by atoms with E-state index in [2.05, 4.69) is 14.9 Å². The van der Waals surface area contributed by atoms with Gasteiger partial charge in [0.25, 0.3) is 11.5 Å². The molecular weight excluding hydrogens is 346 g/mol. The second-order valence-corrected chi connectivity index (χ2v) is 7.31. The zero-order chi connectivity index (χ0) is 18.8. The van der Waals surface area contributed by atoms with Gasteiger partial charge >= 0.3 is 0 Å². The third-order valence-corrected chi connectivity index (χ3v) is 5.23. The summed E-state index contributed by atoms with van der Waals surface area (Å²) in [5, 5.41) is 0.581. The van der Waals surface area contributed by atoms with Crippen molar-refractivity contribution >= 4 is 16.8 Å². The average Bonchev–Trinajstić information content (AvgIpc) is 2.68. The van der Waals surface area contributed by atoms with E-state index in [1.807, 2.05) is 23.1 Å². The highest BCUT2D eigenvalue weighted by Gasteiger charge is 2.32. The van der Waals surface area contributed by atoms with Gasteiger partial charge in [0.05, 0.1) is 24.1 Å². The molecule has 0 saturated carbocycles. The number of fused-ring (bicyclic) bond motifs is 1. The van der Waals surface area contributed by atoms with Crippen molar-refractivity contribution in [3.63, 3.8) is 0 Å². The number of H-pyrrole nitrogens is 1. The largest absolute Gasteiger partial charge is 0.366 e. The first-order valence-corrected chi connectivity index (χ1v) is 9.46. The van der Waals surface area contributed by atoms with E-state index in [0.29, 0.717) is 49.5 Å². The minimum atomic E-state index is -0.490. The number of nitrogens with two attached hydrogens (primary N) is 1. The number of amides is 1. The summed E-state index contributed by atoms with van der Waals surface area (Å²) in [5.41, 5.74) is 6.53. The molecule has 2 aliphatic rings. The Labute approximate surface area is 157 Å². The quantitative estimate of drug-likeness (QED) is 0.791. The summed E-state index contributed by atoms with van der Waals surface area (Å²) >= 11 is 0. The maximum Gasteiger partial charge on any atom is 0.258 e. The summed E-state index contributed by atoms with van der Waals surface area (Å²) in [6.45, 7) is 3.48. The number of aromatic amines is 1. The number of morpholine rings is 1. The van der Waals surface area contributed by atoms with Crippen LogP contribution in [-0.4, -0.2) is 70.6 Å². The zero-order valence-corrected chi connectivity index (χ0v) is 15.3. The molecule has 0 radical (unpaired) electrons. The molecule has 3 N–H and O–H groups in total. The molecule has 144 valence electrons. The fourth-order valence-electron chi connectivity index (χ4n) is 3.83. The van der Waals surface area contributed by atoms with E-state index in [9.17, 15) is 9.59 Å². The van der Waals surface area contributed by atoms with Gasteiger partial charge in [0.1, 0.15) is 11.9 Å². The van der Waals surface area contributed by atoms with E-state index in [1.54, 1.807) is 6.07 Å². The fraction of sp³-hybridized carbons (Fsp3) is 0.526. The Kier molecular flexibility index (Phi) is 5.20. The van der Waals surface area contributed by atoms with Gasteiger partial charge in [0.2, 0.25) is 0 Å². The highest BCUT2D eigenvalue weighted by molar-refractivity contribution is 5.81. The number of hydrogen-bond donors (Lipinski definition) is 2. The first kappa shape index (κ1) is 18.1. The van der Waals surface area contributed by atoms with E-state index in [4.69, 9.17) is 10.5 Å². The number of hydrogen-bond acceptors (Lipinski definition) is 6. The topological polar surface area (TPSA) is 105 Å². The number of rotatable bonds is 3. The summed E-state index contributed by atoms with van der Waals surface area (Å²) in [7, 11) is 0. The van der Waals surface area contributed by atoms with Crippen molar-refractivity contribution in [1.82, 2.24) is 19.8 Å². The normalized spacial score (nSPS) is 24.3. The molecule has 0 bridgehead atoms. The van der Waals surface area contributed by atoms with Crippen LogP contribution in [0.2, 0.25) is 0 Å². The number of carbonyl (C=O) groups excluding carboxylic acids is 1. The Hall–Kier alpha value is -2.29. The summed E-state index contributed by atoms with van der Waals surface area (Å²) < 4.78 is 5.72. The third kappa shape index (κ3) is 4.02. The maximum atomic E-state index is 12.8. The molecule has 1 amide bonds. The smallest absolute Gasteiger partial charge is 0.258 e. The van der Waals surface area contributed by atoms with Gasteiger partial charge in [0.15, 0.2) is 0 Å². The van der Waals surface area contributed by atoms with Crippen LogP contribution < -0.4 is 11.3 Å². The molecule has 1 aromatic carbocycles. The van der Waals surface area contributed by atoms with Gasteiger partial charge in [-0.2, -0.15) is 0 Å². The van der Waals surface area contributed by atoms with Crippen LogP contribution in [-0.2, 0) is 16.1 Å². The Morgan fingerprint density at radius 2 is 2.15 bits per heavy atom. The van der Waals surface area contributed by atoms with Crippen LogP contribution in [0.15, 0.2) is 29.1 Å². The van der Waals surface area contributed by atoms with E-state index in [-0.39, 0.29) is 17.5 Å². The van der Waals surface area contributed by atoms with E-state index in [1.165, 1.54) is 0 Å². The van der Waals surface area contributed by atoms with Crippen LogP contribution >= 0.6 is 0 Å². The number of benzene rings is 1. The van der Waals surface area contributed by atoms with E-state index < -0.39 is 6.10 Å². The van der Waals surface area contributed by atoms with Crippen LogP contribution in [0.3, 0.4) is 0 Å². The molecule has 1 aromatic heterocycles. The predicted molar refractivity (Wildman–Crippen MR) is 101 cm³/mol. The zero-order valence-electron chi connectivity index (χ0n) is 15.3. The van der Waals surface area contributed by atoms with Gasteiger partial charge in [0, 0.05) is 32.2 Å². The minimum Gasteiger partial charge on any atom is -0.366 e. The van der Waals surface area contributed by atoms with Gasteiger partial charge in [-0.1, -0.05) is 12.1 Å². The Morgan fingerprint density at radius 1 is 1.30 bits per heavy atom. The molecule has 2 aliphatic heterocycles. The molecule has 0 aliphatic carbocycles. The number of ether oxygens (including phenoxy) is 1. The van der Waals surface area contributed by atoms with E-state index >= 15 is 0 Å². The van der Waals surface area contributed by atoms with Gasteiger partial charge in [-0.25, -0.2) is 4.98 Å². The molecule has 2 saturated heterocycles. The molecule has 2 atom stereocenters. The molecule has 27 heavy (non-hydrogen) atoms. The van der Waals surface area contributed by atoms with Gasteiger partial charge in [-0.05, 0) is 25.0 Å². The number of nitrogens with zero attached hydrogens (tertiary/aromatic N) is 3. The fourth-order valence-corrected chi connectivity index (χ4v) is 3.83. The van der Waals surface area contributed by atoms with Gasteiger partial charge < -0.3 is 20.4 Å². The summed E-state index contributed by atoms with van der Waals surface area (Å²) in [4.78, 5) is 36.3. The second-order valence-electron chi connectivity index (χ2n) is 7.31. The molecule has 8 nitrogen and oxygen atoms in total. The third-order valence-electron chi connectivity index (χ3n) is 5.23. The predicted octanol–water partition coefficient (Wildman–Crippen LogP) is 0.0736.